The molecule has 0 spiro atoms. The summed E-state index contributed by atoms with van der Waals surface area (Å²) < 4.78 is 18.8. The van der Waals surface area contributed by atoms with Crippen molar-refractivity contribution in [2.45, 2.75) is 57.1 Å². The van der Waals surface area contributed by atoms with Crippen molar-refractivity contribution in [1.82, 2.24) is 0 Å². The lowest BCUT2D eigenvalue weighted by molar-refractivity contribution is -0.125. The zero-order chi connectivity index (χ0) is 10.8. The molecule has 82 valence electrons. The van der Waals surface area contributed by atoms with E-state index in [0.29, 0.717) is 25.7 Å². The molecule has 0 heterocycles. The molecule has 2 nitrogen and oxygen atoms in total. The minimum atomic E-state index is -1.71. The van der Waals surface area contributed by atoms with Gasteiger partial charge in [-0.2, -0.15) is 0 Å². The van der Waals surface area contributed by atoms with Crippen molar-refractivity contribution < 1.29 is 13.6 Å². The standard InChI is InChI=1S/C10H19FO2Si/c1-14(2,3)13-10(8-12)6-4-9(11)5-7-10/h8-9H,4-7H2,1-3H3/t9-,10+. The van der Waals surface area contributed by atoms with Crippen LogP contribution in [0.15, 0.2) is 0 Å². The van der Waals surface area contributed by atoms with Crippen molar-refractivity contribution in [3.63, 3.8) is 0 Å². The van der Waals surface area contributed by atoms with Crippen molar-refractivity contribution in [3.8, 4) is 0 Å². The molecule has 1 rings (SSSR count). The zero-order valence-electron chi connectivity index (χ0n) is 9.18. The minimum absolute atomic E-state index is 0.462. The van der Waals surface area contributed by atoms with Crippen LogP contribution in [0.4, 0.5) is 4.39 Å². The molecule has 1 aliphatic carbocycles. The van der Waals surface area contributed by atoms with Gasteiger partial charge in [0.15, 0.2) is 14.6 Å². The van der Waals surface area contributed by atoms with Crippen LogP contribution in [-0.2, 0) is 9.22 Å². The molecule has 0 radical (unpaired) electrons. The number of hydrogen-bond acceptors (Lipinski definition) is 2. The van der Waals surface area contributed by atoms with Crippen molar-refractivity contribution >= 4 is 14.6 Å². The van der Waals surface area contributed by atoms with E-state index in [2.05, 4.69) is 19.6 Å². The van der Waals surface area contributed by atoms with E-state index in [-0.39, 0.29) is 0 Å². The lowest BCUT2D eigenvalue weighted by Crippen LogP contribution is -2.46. The van der Waals surface area contributed by atoms with E-state index >= 15 is 0 Å². The smallest absolute Gasteiger partial charge is 0.185 e. The molecule has 0 saturated heterocycles. The predicted octanol–water partition coefficient (Wildman–Crippen LogP) is 2.69. The monoisotopic (exact) mass is 218 g/mol. The molecule has 0 bridgehead atoms. The van der Waals surface area contributed by atoms with E-state index in [1.165, 1.54) is 0 Å². The Hall–Kier alpha value is -0.223. The normalized spacial score (nSPS) is 34.1. The maximum atomic E-state index is 12.9. The quantitative estimate of drug-likeness (QED) is 0.538. The lowest BCUT2D eigenvalue weighted by atomic mass is 9.85. The van der Waals surface area contributed by atoms with Gasteiger partial charge in [-0.25, -0.2) is 4.39 Å². The summed E-state index contributed by atoms with van der Waals surface area (Å²) in [7, 11) is -1.71. The number of aldehydes is 1. The molecule has 0 aromatic rings. The van der Waals surface area contributed by atoms with Gasteiger partial charge in [0.2, 0.25) is 0 Å². The van der Waals surface area contributed by atoms with Gasteiger partial charge in [-0.15, -0.1) is 0 Å². The molecular formula is C10H19FO2Si. The number of halogens is 1. The van der Waals surface area contributed by atoms with Crippen LogP contribution >= 0.6 is 0 Å². The summed E-state index contributed by atoms with van der Waals surface area (Å²) in [5, 5.41) is 0. The molecule has 1 saturated carbocycles. The van der Waals surface area contributed by atoms with E-state index in [1.54, 1.807) is 0 Å². The third kappa shape index (κ3) is 3.17. The SMILES string of the molecule is C[Si](C)(C)O[C@]1(C=O)CC[C@H](F)CC1. The summed E-state index contributed by atoms with van der Waals surface area (Å²) in [6.07, 6.45) is 2.15. The highest BCUT2D eigenvalue weighted by atomic mass is 28.4. The first kappa shape index (κ1) is 11.8. The molecule has 0 unspecified atom stereocenters. The summed E-state index contributed by atoms with van der Waals surface area (Å²) in [6.45, 7) is 6.17. The van der Waals surface area contributed by atoms with E-state index in [0.717, 1.165) is 6.29 Å². The summed E-state index contributed by atoms with van der Waals surface area (Å²) in [4.78, 5) is 11.0. The van der Waals surface area contributed by atoms with Crippen LogP contribution < -0.4 is 0 Å². The summed E-state index contributed by atoms with van der Waals surface area (Å²) >= 11 is 0. The first-order chi connectivity index (χ1) is 6.37. The van der Waals surface area contributed by atoms with E-state index < -0.39 is 20.1 Å². The Morgan fingerprint density at radius 3 is 2.21 bits per heavy atom. The lowest BCUT2D eigenvalue weighted by Gasteiger charge is -2.38. The highest BCUT2D eigenvalue weighted by Crippen LogP contribution is 2.33. The number of carbonyl (C=O) groups is 1. The minimum Gasteiger partial charge on any atom is -0.405 e. The molecule has 0 aromatic carbocycles. The Balaban J connectivity index is 2.63. The molecular weight excluding hydrogens is 199 g/mol. The molecule has 0 aromatic heterocycles. The Labute approximate surface area is 86.0 Å². The van der Waals surface area contributed by atoms with Gasteiger partial charge >= 0.3 is 0 Å². The molecule has 1 fully saturated rings. The highest BCUT2D eigenvalue weighted by molar-refractivity contribution is 6.70. The Kier molecular flexibility index (Phi) is 3.47. The summed E-state index contributed by atoms with van der Waals surface area (Å²) in [6, 6.07) is 0. The maximum absolute atomic E-state index is 12.9. The molecule has 0 atom stereocenters. The number of rotatable bonds is 3. The fourth-order valence-electron chi connectivity index (χ4n) is 1.92. The topological polar surface area (TPSA) is 26.3 Å². The van der Waals surface area contributed by atoms with Gasteiger partial charge in [-0.05, 0) is 45.3 Å². The highest BCUT2D eigenvalue weighted by Gasteiger charge is 2.39. The van der Waals surface area contributed by atoms with Crippen LogP contribution in [0.25, 0.3) is 0 Å². The molecule has 1 aliphatic rings. The van der Waals surface area contributed by atoms with Gasteiger partial charge in [0, 0.05) is 0 Å². The number of hydrogen-bond donors (Lipinski definition) is 0. The van der Waals surface area contributed by atoms with Crippen molar-refractivity contribution in [1.29, 1.82) is 0 Å². The average Bonchev–Trinajstić information content (AvgIpc) is 2.07. The van der Waals surface area contributed by atoms with Crippen LogP contribution in [-0.4, -0.2) is 26.4 Å². The average molecular weight is 218 g/mol. The fourth-order valence-corrected chi connectivity index (χ4v) is 3.40. The van der Waals surface area contributed by atoms with Gasteiger partial charge in [0.25, 0.3) is 0 Å². The van der Waals surface area contributed by atoms with Crippen molar-refractivity contribution in [3.05, 3.63) is 0 Å². The van der Waals surface area contributed by atoms with Crippen LogP contribution in [0.1, 0.15) is 25.7 Å². The second-order valence-corrected chi connectivity index (χ2v) is 9.50. The van der Waals surface area contributed by atoms with Gasteiger partial charge < -0.3 is 9.22 Å². The van der Waals surface area contributed by atoms with Crippen molar-refractivity contribution in [2.75, 3.05) is 0 Å². The Morgan fingerprint density at radius 2 is 1.86 bits per heavy atom. The second kappa shape index (κ2) is 4.11. The predicted molar refractivity (Wildman–Crippen MR) is 56.6 cm³/mol. The molecule has 0 amide bonds. The summed E-state index contributed by atoms with van der Waals surface area (Å²) in [5.74, 6) is 0. The number of alkyl halides is 1. The van der Waals surface area contributed by atoms with Crippen LogP contribution in [0.3, 0.4) is 0 Å². The largest absolute Gasteiger partial charge is 0.405 e. The third-order valence-corrected chi connectivity index (χ3v) is 3.50. The number of carbonyl (C=O) groups excluding carboxylic acids is 1. The Morgan fingerprint density at radius 1 is 1.36 bits per heavy atom. The zero-order valence-corrected chi connectivity index (χ0v) is 10.2. The van der Waals surface area contributed by atoms with Crippen molar-refractivity contribution in [2.24, 2.45) is 0 Å². The fraction of sp³-hybridized carbons (Fsp3) is 0.900. The van der Waals surface area contributed by atoms with Crippen LogP contribution in [0.2, 0.25) is 19.6 Å². The Bertz CT molecular complexity index is 205. The van der Waals surface area contributed by atoms with Gasteiger partial charge in [-0.1, -0.05) is 0 Å². The third-order valence-electron chi connectivity index (χ3n) is 2.49. The molecule has 0 aliphatic heterocycles. The van der Waals surface area contributed by atoms with Gasteiger partial charge in [0.1, 0.15) is 11.8 Å². The van der Waals surface area contributed by atoms with Gasteiger partial charge in [-0.3, -0.25) is 0 Å². The van der Waals surface area contributed by atoms with E-state index in [1.807, 2.05) is 0 Å². The first-order valence-corrected chi connectivity index (χ1v) is 8.58. The van der Waals surface area contributed by atoms with Crippen LogP contribution in [0, 0.1) is 0 Å². The maximum Gasteiger partial charge on any atom is 0.185 e. The van der Waals surface area contributed by atoms with E-state index in [9.17, 15) is 9.18 Å². The molecule has 4 heteroatoms. The van der Waals surface area contributed by atoms with Crippen LogP contribution in [0.5, 0.6) is 0 Å². The van der Waals surface area contributed by atoms with E-state index in [4.69, 9.17) is 4.43 Å². The molecule has 0 N–H and O–H groups in total. The first-order valence-electron chi connectivity index (χ1n) is 5.17. The molecule has 14 heavy (non-hydrogen) atoms. The second-order valence-electron chi connectivity index (χ2n) is 5.07. The summed E-state index contributed by atoms with van der Waals surface area (Å²) in [5.41, 5.74) is -0.674. The van der Waals surface area contributed by atoms with Gasteiger partial charge in [0.05, 0.1) is 0 Å².